The fraction of sp³-hybridized carbons (Fsp3) is 0.857. The lowest BCUT2D eigenvalue weighted by atomic mass is 10.4. The molecule has 0 radical (unpaired) electrons. The van der Waals surface area contributed by atoms with E-state index in [2.05, 4.69) is 4.99 Å². The molecule has 0 rings (SSSR count). The van der Waals surface area contributed by atoms with Crippen LogP contribution in [0.2, 0.25) is 0 Å². The number of hydrogen-bond donors (Lipinski definition) is 1. The second-order valence-corrected chi connectivity index (χ2v) is 4.02. The van der Waals surface area contributed by atoms with E-state index in [0.29, 0.717) is 23.9 Å². The van der Waals surface area contributed by atoms with Crippen LogP contribution in [0.15, 0.2) is 4.99 Å². The summed E-state index contributed by atoms with van der Waals surface area (Å²) in [6, 6.07) is 0. The van der Waals surface area contributed by atoms with Gasteiger partial charge in [-0.05, 0) is 0 Å². The van der Waals surface area contributed by atoms with E-state index in [0.717, 1.165) is 6.42 Å². The van der Waals surface area contributed by atoms with Crippen molar-refractivity contribution in [2.45, 2.75) is 20.3 Å². The van der Waals surface area contributed by atoms with Crippen LogP contribution in [-0.4, -0.2) is 28.1 Å². The number of aliphatic imine (C=N–C) groups is 1. The second-order valence-electron chi connectivity index (χ2n) is 2.16. The molecule has 0 aromatic rings. The number of amidine groups is 1. The molecular formula is C7H16N2OS. The zero-order chi connectivity index (χ0) is 8.69. The highest BCUT2D eigenvalue weighted by Gasteiger charge is 1.93. The molecule has 2 N–H and O–H groups in total. The molecule has 4 heteroatoms. The lowest BCUT2D eigenvalue weighted by molar-refractivity contribution is 0.683. The number of nitrogens with two attached hydrogens (primary N) is 1. The van der Waals surface area contributed by atoms with E-state index in [-0.39, 0.29) is 0 Å². The number of rotatable bonds is 5. The van der Waals surface area contributed by atoms with Crippen molar-refractivity contribution in [2.75, 3.05) is 18.1 Å². The van der Waals surface area contributed by atoms with E-state index in [4.69, 9.17) is 5.73 Å². The maximum Gasteiger partial charge on any atom is 0.0934 e. The molecule has 3 nitrogen and oxygen atoms in total. The second kappa shape index (κ2) is 6.34. The van der Waals surface area contributed by atoms with Crippen LogP contribution in [0.3, 0.4) is 0 Å². The molecule has 0 bridgehead atoms. The molecule has 0 aromatic heterocycles. The third kappa shape index (κ3) is 6.04. The topological polar surface area (TPSA) is 55.4 Å². The van der Waals surface area contributed by atoms with Gasteiger partial charge < -0.3 is 5.73 Å². The van der Waals surface area contributed by atoms with Crippen LogP contribution >= 0.6 is 0 Å². The Labute approximate surface area is 70.5 Å². The van der Waals surface area contributed by atoms with Gasteiger partial charge in [0.25, 0.3) is 0 Å². The SMILES string of the molecule is CCC(N)=NCCS(=O)CC. The van der Waals surface area contributed by atoms with E-state index < -0.39 is 10.8 Å². The molecule has 0 aromatic carbocycles. The average Bonchev–Trinajstić information content (AvgIpc) is 2.04. The molecule has 1 atom stereocenters. The zero-order valence-corrected chi connectivity index (χ0v) is 7.99. The van der Waals surface area contributed by atoms with Gasteiger partial charge in [0.1, 0.15) is 0 Å². The quantitative estimate of drug-likeness (QED) is 0.490. The molecule has 0 fully saturated rings. The van der Waals surface area contributed by atoms with Gasteiger partial charge in [-0.1, -0.05) is 13.8 Å². The molecule has 0 saturated carbocycles. The summed E-state index contributed by atoms with van der Waals surface area (Å²) in [6.45, 7) is 4.46. The Bertz CT molecular complexity index is 157. The highest BCUT2D eigenvalue weighted by atomic mass is 32.2. The molecule has 66 valence electrons. The summed E-state index contributed by atoms with van der Waals surface area (Å²) in [5.41, 5.74) is 5.45. The van der Waals surface area contributed by atoms with Crippen LogP contribution in [0.4, 0.5) is 0 Å². The summed E-state index contributed by atoms with van der Waals surface area (Å²) in [7, 11) is -0.708. The van der Waals surface area contributed by atoms with E-state index in [9.17, 15) is 4.21 Å². The van der Waals surface area contributed by atoms with Crippen LogP contribution in [0.25, 0.3) is 0 Å². The maximum absolute atomic E-state index is 10.9. The minimum absolute atomic E-state index is 0.597. The smallest absolute Gasteiger partial charge is 0.0934 e. The highest BCUT2D eigenvalue weighted by Crippen LogP contribution is 1.84. The van der Waals surface area contributed by atoms with Gasteiger partial charge in [0.15, 0.2) is 0 Å². The maximum atomic E-state index is 10.9. The summed E-state index contributed by atoms with van der Waals surface area (Å²) in [6.07, 6.45) is 0.777. The first-order valence-electron chi connectivity index (χ1n) is 3.84. The fourth-order valence-corrected chi connectivity index (χ4v) is 1.13. The first-order chi connectivity index (χ1) is 5.20. The molecule has 0 aliphatic heterocycles. The molecule has 0 amide bonds. The highest BCUT2D eigenvalue weighted by molar-refractivity contribution is 7.84. The van der Waals surface area contributed by atoms with Gasteiger partial charge in [0.05, 0.1) is 12.4 Å². The Morgan fingerprint density at radius 1 is 1.55 bits per heavy atom. The van der Waals surface area contributed by atoms with Crippen LogP contribution in [-0.2, 0) is 10.8 Å². The monoisotopic (exact) mass is 176 g/mol. The van der Waals surface area contributed by atoms with Crippen LogP contribution in [0, 0.1) is 0 Å². The molecular weight excluding hydrogens is 160 g/mol. The van der Waals surface area contributed by atoms with E-state index in [1.165, 1.54) is 0 Å². The van der Waals surface area contributed by atoms with Gasteiger partial charge in [-0.25, -0.2) is 0 Å². The zero-order valence-electron chi connectivity index (χ0n) is 7.17. The molecule has 1 unspecified atom stereocenters. The summed E-state index contributed by atoms with van der Waals surface area (Å²) in [4.78, 5) is 4.03. The third-order valence-electron chi connectivity index (χ3n) is 1.32. The van der Waals surface area contributed by atoms with Crippen molar-refractivity contribution in [3.63, 3.8) is 0 Å². The predicted molar refractivity (Wildman–Crippen MR) is 50.3 cm³/mol. The van der Waals surface area contributed by atoms with E-state index in [1.54, 1.807) is 0 Å². The van der Waals surface area contributed by atoms with Crippen molar-refractivity contribution in [3.8, 4) is 0 Å². The van der Waals surface area contributed by atoms with E-state index >= 15 is 0 Å². The molecule has 0 saturated heterocycles. The average molecular weight is 176 g/mol. The first-order valence-corrected chi connectivity index (χ1v) is 5.33. The lowest BCUT2D eigenvalue weighted by Crippen LogP contribution is -2.12. The Morgan fingerprint density at radius 2 is 2.18 bits per heavy atom. The van der Waals surface area contributed by atoms with Crippen molar-refractivity contribution >= 4 is 16.6 Å². The van der Waals surface area contributed by atoms with Crippen molar-refractivity contribution in [1.82, 2.24) is 0 Å². The Morgan fingerprint density at radius 3 is 2.64 bits per heavy atom. The Balaban J connectivity index is 3.48. The van der Waals surface area contributed by atoms with Crippen LogP contribution in [0.5, 0.6) is 0 Å². The summed E-state index contributed by atoms with van der Waals surface area (Å²) in [5, 5.41) is 0. The molecule has 0 spiro atoms. The van der Waals surface area contributed by atoms with Gasteiger partial charge in [0.2, 0.25) is 0 Å². The predicted octanol–water partition coefficient (Wildman–Crippen LogP) is 0.522. The third-order valence-corrected chi connectivity index (χ3v) is 2.60. The van der Waals surface area contributed by atoms with Crippen molar-refractivity contribution in [2.24, 2.45) is 10.7 Å². The van der Waals surface area contributed by atoms with Gasteiger partial charge in [0, 0.05) is 28.7 Å². The lowest BCUT2D eigenvalue weighted by Gasteiger charge is -1.96. The Kier molecular flexibility index (Phi) is 6.12. The molecule has 0 aliphatic rings. The minimum Gasteiger partial charge on any atom is -0.387 e. The summed E-state index contributed by atoms with van der Waals surface area (Å²) >= 11 is 0. The first kappa shape index (κ1) is 10.6. The standard InChI is InChI=1S/C7H16N2OS/c1-3-7(8)9-5-6-11(10)4-2/h3-6H2,1-2H3,(H2,8,9). The molecule has 0 aliphatic carbocycles. The van der Waals surface area contributed by atoms with Crippen LogP contribution < -0.4 is 5.73 Å². The van der Waals surface area contributed by atoms with Crippen LogP contribution in [0.1, 0.15) is 20.3 Å². The van der Waals surface area contributed by atoms with Gasteiger partial charge in [-0.15, -0.1) is 0 Å². The van der Waals surface area contributed by atoms with Crippen molar-refractivity contribution < 1.29 is 4.21 Å². The van der Waals surface area contributed by atoms with Gasteiger partial charge in [-0.3, -0.25) is 9.20 Å². The normalized spacial score (nSPS) is 14.9. The Hall–Kier alpha value is -0.380. The number of nitrogens with zero attached hydrogens (tertiary/aromatic N) is 1. The molecule has 11 heavy (non-hydrogen) atoms. The summed E-state index contributed by atoms with van der Waals surface area (Å²) in [5.74, 6) is 2.00. The van der Waals surface area contributed by atoms with E-state index in [1.807, 2.05) is 13.8 Å². The number of hydrogen-bond acceptors (Lipinski definition) is 2. The van der Waals surface area contributed by atoms with Gasteiger partial charge >= 0.3 is 0 Å². The van der Waals surface area contributed by atoms with Crippen molar-refractivity contribution in [3.05, 3.63) is 0 Å². The largest absolute Gasteiger partial charge is 0.387 e. The summed E-state index contributed by atoms with van der Waals surface area (Å²) < 4.78 is 10.9. The molecule has 0 heterocycles. The fourth-order valence-electron chi connectivity index (χ4n) is 0.547. The van der Waals surface area contributed by atoms with Crippen molar-refractivity contribution in [1.29, 1.82) is 0 Å². The van der Waals surface area contributed by atoms with Gasteiger partial charge in [-0.2, -0.15) is 0 Å². The minimum atomic E-state index is -0.708.